The van der Waals surface area contributed by atoms with Crippen molar-refractivity contribution in [2.45, 2.75) is 360 Å². The Kier molecular flexibility index (Phi) is 48.6. The van der Waals surface area contributed by atoms with Gasteiger partial charge in [-0.3, -0.25) is 0 Å². The zero-order valence-electron chi connectivity index (χ0n) is 75.3. The molecule has 0 aromatic rings. The lowest BCUT2D eigenvalue weighted by Crippen LogP contribution is -2.70. The molecule has 35 atom stereocenters. The van der Waals surface area contributed by atoms with Crippen molar-refractivity contribution in [2.24, 2.45) is 0 Å². The van der Waals surface area contributed by atoms with Crippen LogP contribution < -0.4 is 0 Å². The van der Waals surface area contributed by atoms with Crippen molar-refractivity contribution in [1.29, 1.82) is 0 Å². The van der Waals surface area contributed by atoms with Crippen LogP contribution in [0.2, 0.25) is 0 Å². The highest BCUT2D eigenvalue weighted by molar-refractivity contribution is 5.05. The third-order valence-corrected chi connectivity index (χ3v) is 21.6. The largest absolute Gasteiger partial charge is 0.379 e. The minimum atomic E-state index is -1.22. The topological polar surface area (TPSA) is 323 Å². The van der Waals surface area contributed by atoms with Gasteiger partial charge in [-0.05, 0) is 145 Å². The SMILES string of the molecule is CCOC[C@H]1O[C@@H]2O[C@@H]3[C@@H](OCC)[C@@H](OCC)[C@@H](O[C@@H]4[C@@H](OCC)[C@@H](OCC)[C@@H](O[C@@H]5[C@@H](OCC)[C@@H](OCC)[C@@H](O[C@@H]6[C@@H](OCC)[C@@H](OCC)[C@@H](O[C@@H]7[C@@H](OCC)[C@@H](OCC)[C@@H](O[C@@H]8[C@@H](OCC)[C@@H](OCC)[C@@H](O[C@@H]1[C@@H](OCC)[C@H]2OCC)O[C@@H]8COCC)O[C@@H]7COCC)O[C@@H]6COCC)O[C@@H]5COCC)O[C@@H]4COCC)O[C@@H]3COCC. The highest BCUT2D eigenvalue weighted by Crippen LogP contribution is 2.44. The van der Waals surface area contributed by atoms with Gasteiger partial charge in [0.2, 0.25) is 0 Å². The van der Waals surface area contributed by atoms with E-state index in [0.29, 0.717) is 46.2 Å². The second kappa shape index (κ2) is 56.1. The first kappa shape index (κ1) is 103. The van der Waals surface area contributed by atoms with Crippen LogP contribution in [0.4, 0.5) is 0 Å². The van der Waals surface area contributed by atoms with Gasteiger partial charge in [0.25, 0.3) is 0 Å². The molecule has 21 heterocycles. The van der Waals surface area contributed by atoms with Crippen molar-refractivity contribution in [2.75, 3.05) is 185 Å². The molecule has 21 fully saturated rings. The Morgan fingerprint density at radius 1 is 0.126 bits per heavy atom. The van der Waals surface area contributed by atoms with Gasteiger partial charge in [-0.25, -0.2) is 0 Å². The molecule has 0 amide bonds. The Morgan fingerprint density at radius 2 is 0.227 bits per heavy atom. The van der Waals surface area contributed by atoms with Gasteiger partial charge >= 0.3 is 0 Å². The summed E-state index contributed by atoms with van der Waals surface area (Å²) in [7, 11) is 0. The van der Waals surface area contributed by atoms with E-state index in [4.69, 9.17) is 166 Å². The monoisotopic (exact) mass is 1720 g/mol. The molecule has 700 valence electrons. The van der Waals surface area contributed by atoms with Crippen molar-refractivity contribution in [3.63, 3.8) is 0 Å². The van der Waals surface area contributed by atoms with E-state index in [1.54, 1.807) is 0 Å². The van der Waals surface area contributed by atoms with Gasteiger partial charge in [0.05, 0.1) is 46.2 Å². The highest BCUT2D eigenvalue weighted by Gasteiger charge is 2.63. The minimum absolute atomic E-state index is 0.00152. The summed E-state index contributed by atoms with van der Waals surface area (Å²) in [4.78, 5) is 0. The van der Waals surface area contributed by atoms with Crippen LogP contribution in [0.15, 0.2) is 0 Å². The summed E-state index contributed by atoms with van der Waals surface area (Å²) in [5.41, 5.74) is 0. The molecule has 35 heteroatoms. The molecule has 21 aliphatic rings. The van der Waals surface area contributed by atoms with Crippen LogP contribution in [-0.2, 0) is 166 Å². The van der Waals surface area contributed by atoms with Gasteiger partial charge in [-0.15, -0.1) is 0 Å². The first-order valence-electron chi connectivity index (χ1n) is 45.0. The Hall–Kier alpha value is -1.40. The predicted molar refractivity (Wildman–Crippen MR) is 426 cm³/mol. The van der Waals surface area contributed by atoms with Gasteiger partial charge < -0.3 is 166 Å². The molecule has 0 unspecified atom stereocenters. The van der Waals surface area contributed by atoms with Crippen LogP contribution >= 0.6 is 0 Å². The number of ether oxygens (including phenoxy) is 35. The normalized spacial score (nSPS) is 40.1. The van der Waals surface area contributed by atoms with Crippen LogP contribution in [0.5, 0.6) is 0 Å². The quantitative estimate of drug-likeness (QED) is 0.0611. The fourth-order valence-corrected chi connectivity index (χ4v) is 17.0. The number of hydrogen-bond donors (Lipinski definition) is 0. The van der Waals surface area contributed by atoms with Gasteiger partial charge in [0.1, 0.15) is 171 Å². The molecule has 21 aliphatic heterocycles. The smallest absolute Gasteiger partial charge is 0.187 e. The molecule has 0 N–H and O–H groups in total. The van der Waals surface area contributed by atoms with Crippen molar-refractivity contribution >= 4 is 0 Å². The molecule has 119 heavy (non-hydrogen) atoms. The predicted octanol–water partition coefficient (Wildman–Crippen LogP) is 6.70. The van der Waals surface area contributed by atoms with E-state index in [1.165, 1.54) is 0 Å². The zero-order chi connectivity index (χ0) is 85.8. The summed E-state index contributed by atoms with van der Waals surface area (Å²) < 4.78 is 244. The zero-order valence-corrected chi connectivity index (χ0v) is 75.3. The molecule has 0 aromatic heterocycles. The lowest BCUT2D eigenvalue weighted by atomic mass is 9.94. The molecular formula is C84H154O35. The first-order valence-corrected chi connectivity index (χ1v) is 45.0. The fourth-order valence-electron chi connectivity index (χ4n) is 17.0. The highest BCUT2D eigenvalue weighted by atomic mass is 16.8. The van der Waals surface area contributed by atoms with Crippen molar-refractivity contribution in [3.8, 4) is 0 Å². The van der Waals surface area contributed by atoms with E-state index in [2.05, 4.69) is 0 Å². The second-order valence-corrected chi connectivity index (χ2v) is 29.0. The summed E-state index contributed by atoms with van der Waals surface area (Å²) >= 11 is 0. The molecule has 0 radical (unpaired) electrons. The molecule has 14 bridgehead atoms. The van der Waals surface area contributed by atoms with Gasteiger partial charge in [0.15, 0.2) is 44.0 Å². The van der Waals surface area contributed by atoms with E-state index < -0.39 is 215 Å². The minimum Gasteiger partial charge on any atom is -0.379 e. The van der Waals surface area contributed by atoms with E-state index >= 15 is 0 Å². The standard InChI is InChI=1S/C84H154O35/c1-22-85-43-50-57-64(92-29-8)71(99-36-15)78(106-50)114-58-51(44-86-23-2)108-80(73(101-38-17)65(58)93-30-9)116-60-53(46-88-25-4)110-82(75(103-40-19)67(60)95-32-11)118-62-55(48-90-27-6)112-84(77(105-42-21)69(62)97-34-13)119-63-56(49-91-28-7)111-83(76(104-41-20)70(63)98-35-14)117-61-54(47-89-26-5)109-81(74(102-39-18)68(61)96-33-12)115-59-52(45-87-24-3)107-79(113-57)72(100-37-16)66(59)94-31-10/h50-84H,22-49H2,1-21H3/t50-,51-,52-,53-,54-,55-,56-,57+,58+,59+,60+,61+,62+,63+,64-,65-,66-,67-,68-,69-,70-,71-,72-,73-,74-,75-,76-,77-,78-,79-,80-,81-,82-,83-,84-/m1/s1. The summed E-state index contributed by atoms with van der Waals surface area (Å²) in [6.45, 7) is 44.9. The molecule has 0 aromatic carbocycles. The van der Waals surface area contributed by atoms with Gasteiger partial charge in [-0.1, -0.05) is 0 Å². The van der Waals surface area contributed by atoms with Crippen molar-refractivity contribution in [3.05, 3.63) is 0 Å². The van der Waals surface area contributed by atoms with Crippen molar-refractivity contribution in [1.82, 2.24) is 0 Å². The van der Waals surface area contributed by atoms with Crippen molar-refractivity contribution < 1.29 is 166 Å². The molecule has 21 rings (SSSR count). The Balaban J connectivity index is 1.36. The Labute approximate surface area is 708 Å². The number of hydrogen-bond acceptors (Lipinski definition) is 35. The van der Waals surface area contributed by atoms with E-state index in [-0.39, 0.29) is 139 Å². The summed E-state index contributed by atoms with van der Waals surface area (Å²) in [5, 5.41) is 0. The molecular weight excluding hydrogens is 1570 g/mol. The molecule has 0 saturated carbocycles. The number of rotatable bonds is 49. The third kappa shape index (κ3) is 27.4. The van der Waals surface area contributed by atoms with Crippen LogP contribution in [0.1, 0.15) is 145 Å². The van der Waals surface area contributed by atoms with E-state index in [0.717, 1.165) is 0 Å². The van der Waals surface area contributed by atoms with E-state index in [9.17, 15) is 0 Å². The summed E-state index contributed by atoms with van der Waals surface area (Å²) in [5.74, 6) is 0. The molecule has 21 saturated heterocycles. The molecule has 35 nitrogen and oxygen atoms in total. The fraction of sp³-hybridized carbons (Fsp3) is 1.00. The second-order valence-electron chi connectivity index (χ2n) is 29.0. The van der Waals surface area contributed by atoms with Crippen LogP contribution in [0.25, 0.3) is 0 Å². The summed E-state index contributed by atoms with van der Waals surface area (Å²) in [6.07, 6.45) is -35.7. The van der Waals surface area contributed by atoms with Gasteiger partial charge in [0, 0.05) is 139 Å². The van der Waals surface area contributed by atoms with Crippen LogP contribution in [0.3, 0.4) is 0 Å². The average Bonchev–Trinajstić information content (AvgIpc) is 0.793. The summed E-state index contributed by atoms with van der Waals surface area (Å²) in [6, 6.07) is 0. The molecule has 0 spiro atoms. The van der Waals surface area contributed by atoms with Gasteiger partial charge in [-0.2, -0.15) is 0 Å². The third-order valence-electron chi connectivity index (χ3n) is 21.6. The van der Waals surface area contributed by atoms with Crippen LogP contribution in [0, 0.1) is 0 Å². The Morgan fingerprint density at radius 3 is 0.319 bits per heavy atom. The lowest BCUT2D eigenvalue weighted by molar-refractivity contribution is -0.407. The first-order chi connectivity index (χ1) is 58.2. The van der Waals surface area contributed by atoms with Crippen LogP contribution in [-0.4, -0.2) is 400 Å². The lowest BCUT2D eigenvalue weighted by Gasteiger charge is -2.53. The maximum absolute atomic E-state index is 7.47. The van der Waals surface area contributed by atoms with E-state index in [1.807, 2.05) is 145 Å². The molecule has 0 aliphatic carbocycles. The Bertz CT molecular complexity index is 2120. The maximum atomic E-state index is 7.47. The average molecular weight is 1720 g/mol. The maximum Gasteiger partial charge on any atom is 0.187 e.